The summed E-state index contributed by atoms with van der Waals surface area (Å²) in [5, 5.41) is 0. The fourth-order valence-electron chi connectivity index (χ4n) is 0.186. The molecule has 0 aliphatic rings. The molecule has 0 heterocycles. The Labute approximate surface area is 66.3 Å². The minimum Gasteiger partial charge on any atom is -0.227 e. The Kier molecular flexibility index (Phi) is 5.33. The second-order valence-corrected chi connectivity index (χ2v) is 1.53. The maximum Gasteiger partial charge on any atom is 0.428 e. The van der Waals surface area contributed by atoms with Gasteiger partial charge < -0.3 is 0 Å². The highest BCUT2D eigenvalue weighted by Crippen LogP contribution is 2.35. The molecule has 13 heavy (non-hydrogen) atoms. The topological polar surface area (TPSA) is 34.1 Å². The minimum atomic E-state index is -5.85. The van der Waals surface area contributed by atoms with Crippen LogP contribution in [0, 0.1) is 0 Å². The molecular weight excluding hydrogens is 213 g/mol. The van der Waals surface area contributed by atoms with Gasteiger partial charge in [-0.1, -0.05) is 0 Å². The van der Waals surface area contributed by atoms with Gasteiger partial charge in [0.1, 0.15) is 0 Å². The zero-order valence-corrected chi connectivity index (χ0v) is 5.54. The summed E-state index contributed by atoms with van der Waals surface area (Å²) in [5.74, 6) is 0. The van der Waals surface area contributed by atoms with Crippen molar-refractivity contribution in [1.29, 1.82) is 0 Å². The van der Waals surface area contributed by atoms with E-state index < -0.39 is 18.5 Å². The normalized spacial score (nSPS) is 11.7. The van der Waals surface area contributed by atoms with Crippen molar-refractivity contribution < 1.29 is 40.3 Å². The predicted octanol–water partition coefficient (Wildman–Crippen LogP) is 1.87. The smallest absolute Gasteiger partial charge is 0.227 e. The molecule has 2 nitrogen and oxygen atoms in total. The molecule has 0 aliphatic heterocycles. The van der Waals surface area contributed by atoms with Crippen LogP contribution in [0.5, 0.6) is 0 Å². The van der Waals surface area contributed by atoms with Crippen LogP contribution < -0.4 is 0 Å². The molecule has 0 aliphatic carbocycles. The second-order valence-electron chi connectivity index (χ2n) is 1.53. The Morgan fingerprint density at radius 1 is 0.846 bits per heavy atom. The van der Waals surface area contributed by atoms with Crippen LogP contribution in [0.1, 0.15) is 0 Å². The summed E-state index contributed by atoms with van der Waals surface area (Å²) >= 11 is 0. The summed E-state index contributed by atoms with van der Waals surface area (Å²) in [6, 6.07) is 0. The van der Waals surface area contributed by atoms with Crippen LogP contribution >= 0.6 is 0 Å². The second kappa shape index (κ2) is 4.80. The van der Waals surface area contributed by atoms with E-state index in [0.29, 0.717) is 0 Å². The van der Waals surface area contributed by atoms with Crippen molar-refractivity contribution in [3.63, 3.8) is 0 Å². The van der Waals surface area contributed by atoms with Crippen molar-refractivity contribution in [3.8, 4) is 0 Å². The van der Waals surface area contributed by atoms with Crippen LogP contribution in [0.2, 0.25) is 0 Å². The molecule has 0 atom stereocenters. The van der Waals surface area contributed by atoms with Crippen molar-refractivity contribution in [2.45, 2.75) is 18.5 Å². The van der Waals surface area contributed by atoms with Gasteiger partial charge in [0.2, 0.25) is 0 Å². The highest BCUT2D eigenvalue weighted by Gasteiger charge is 2.57. The van der Waals surface area contributed by atoms with Gasteiger partial charge in [-0.25, -0.2) is 4.39 Å². The van der Waals surface area contributed by atoms with Crippen LogP contribution in [-0.4, -0.2) is 24.7 Å². The van der Waals surface area contributed by atoms with Crippen molar-refractivity contribution in [2.24, 2.45) is 0 Å². The molecule has 9 heteroatoms. The third-order valence-electron chi connectivity index (χ3n) is 0.575. The van der Waals surface area contributed by atoms with Gasteiger partial charge in [-0.3, -0.25) is 0 Å². The van der Waals surface area contributed by atoms with Crippen LogP contribution in [0.25, 0.3) is 0 Å². The predicted molar refractivity (Wildman–Crippen MR) is 22.0 cm³/mol. The van der Waals surface area contributed by atoms with Crippen LogP contribution in [0.4, 0.5) is 30.7 Å². The Bertz CT molecular complexity index is 160. The van der Waals surface area contributed by atoms with Gasteiger partial charge in [-0.15, -0.1) is 0 Å². The number of rotatable bonds is 0. The summed E-state index contributed by atoms with van der Waals surface area (Å²) in [6.45, 7) is 0. The molecule has 0 radical (unpaired) electrons. The maximum absolute atomic E-state index is 11.2. The van der Waals surface area contributed by atoms with Crippen LogP contribution in [0.3, 0.4) is 0 Å². The minimum absolute atomic E-state index is 0.250. The lowest BCUT2D eigenvalue weighted by Crippen LogP contribution is -2.38. The monoisotopic (exact) mass is 214 g/mol. The van der Waals surface area contributed by atoms with Gasteiger partial charge in [0.15, 0.2) is 0 Å². The first kappa shape index (κ1) is 14.4. The van der Waals surface area contributed by atoms with Gasteiger partial charge in [0.05, 0.1) is 0 Å². The van der Waals surface area contributed by atoms with E-state index in [1.807, 2.05) is 0 Å². The first-order chi connectivity index (χ1) is 5.57. The lowest BCUT2D eigenvalue weighted by molar-refractivity contribution is -0.285. The van der Waals surface area contributed by atoms with Crippen LogP contribution in [0.15, 0.2) is 0 Å². The number of halogens is 7. The molecule has 0 fully saturated rings. The third kappa shape index (κ3) is 7.26. The molecular formula is C4HF7O2. The Morgan fingerprint density at radius 3 is 1.00 bits per heavy atom. The van der Waals surface area contributed by atoms with Crippen molar-refractivity contribution in [3.05, 3.63) is 0 Å². The number of carbonyl (C=O) groups excluding carboxylic acids is 2. The lowest BCUT2D eigenvalue weighted by atomic mass is 10.4. The maximum atomic E-state index is 11.2. The lowest BCUT2D eigenvalue weighted by Gasteiger charge is -2.14. The average molecular weight is 214 g/mol. The number of hydrogen-bond acceptors (Lipinski definition) is 2. The van der Waals surface area contributed by atoms with Gasteiger partial charge in [0.25, 0.3) is 6.17 Å². The summed E-state index contributed by atoms with van der Waals surface area (Å²) in [5.41, 5.74) is 0. The first-order valence-corrected chi connectivity index (χ1v) is 2.34. The molecule has 0 rings (SSSR count). The standard InChI is InChI=1S/C3HF7.CO2/c4-1(2(5,6)7)3(8,9)10;2-1-3/h1H;. The van der Waals surface area contributed by atoms with E-state index >= 15 is 0 Å². The van der Waals surface area contributed by atoms with Gasteiger partial charge >= 0.3 is 18.5 Å². The fraction of sp³-hybridized carbons (Fsp3) is 0.750. The largest absolute Gasteiger partial charge is 0.428 e. The first-order valence-electron chi connectivity index (χ1n) is 2.34. The van der Waals surface area contributed by atoms with E-state index in [1.165, 1.54) is 0 Å². The van der Waals surface area contributed by atoms with E-state index in [0.717, 1.165) is 0 Å². The molecule has 0 amide bonds. The molecule has 0 N–H and O–H groups in total. The van der Waals surface area contributed by atoms with E-state index in [-0.39, 0.29) is 6.15 Å². The summed E-state index contributed by atoms with van der Waals surface area (Å²) in [6.07, 6.45) is -16.2. The van der Waals surface area contributed by atoms with Crippen LogP contribution in [-0.2, 0) is 9.59 Å². The Hall–Kier alpha value is -1.11. The third-order valence-corrected chi connectivity index (χ3v) is 0.575. The molecule has 0 saturated carbocycles. The van der Waals surface area contributed by atoms with Crippen molar-refractivity contribution in [1.82, 2.24) is 0 Å². The summed E-state index contributed by atoms with van der Waals surface area (Å²) in [4.78, 5) is 16.2. The van der Waals surface area contributed by atoms with E-state index in [2.05, 4.69) is 0 Å². The highest BCUT2D eigenvalue weighted by molar-refractivity contribution is 5.20. The van der Waals surface area contributed by atoms with Gasteiger partial charge in [-0.2, -0.15) is 35.9 Å². The van der Waals surface area contributed by atoms with Crippen molar-refractivity contribution >= 4 is 6.15 Å². The molecule has 0 unspecified atom stereocenters. The van der Waals surface area contributed by atoms with E-state index in [4.69, 9.17) is 9.59 Å². The van der Waals surface area contributed by atoms with E-state index in [1.54, 1.807) is 0 Å². The molecule has 0 aromatic carbocycles. The van der Waals surface area contributed by atoms with Gasteiger partial charge in [0, 0.05) is 0 Å². The molecule has 0 aromatic rings. The zero-order valence-electron chi connectivity index (χ0n) is 5.54. The fourth-order valence-corrected chi connectivity index (χ4v) is 0.186. The molecule has 78 valence electrons. The SMILES string of the molecule is FC(C(F)(F)F)C(F)(F)F.O=C=O. The van der Waals surface area contributed by atoms with Gasteiger partial charge in [-0.05, 0) is 0 Å². The number of hydrogen-bond donors (Lipinski definition) is 0. The van der Waals surface area contributed by atoms with Crippen molar-refractivity contribution in [2.75, 3.05) is 0 Å². The quantitative estimate of drug-likeness (QED) is 0.576. The zero-order chi connectivity index (χ0) is 11.3. The summed E-state index contributed by atoms with van der Waals surface area (Å²) < 4.78 is 76.3. The molecule has 0 saturated heterocycles. The van der Waals surface area contributed by atoms with E-state index in [9.17, 15) is 30.7 Å². The Morgan fingerprint density at radius 2 is 1.00 bits per heavy atom. The molecule has 0 bridgehead atoms. The molecule has 0 spiro atoms. The average Bonchev–Trinajstić information content (AvgIpc) is 1.84. The summed E-state index contributed by atoms with van der Waals surface area (Å²) in [7, 11) is 0. The Balaban J connectivity index is 0. The highest BCUT2D eigenvalue weighted by atomic mass is 19.4. The molecule has 0 aromatic heterocycles. The number of alkyl halides is 7.